The van der Waals surface area contributed by atoms with Crippen LogP contribution in [0.4, 0.5) is 0 Å². The topological polar surface area (TPSA) is 259 Å². The van der Waals surface area contributed by atoms with Crippen molar-refractivity contribution in [2.24, 2.45) is 22.2 Å². The number of fused-ring (bicyclic) bond motifs is 1. The first-order valence-corrected chi connectivity index (χ1v) is 13.0. The van der Waals surface area contributed by atoms with Gasteiger partial charge < -0.3 is 48.2 Å². The summed E-state index contributed by atoms with van der Waals surface area (Å²) in [5.41, 5.74) is 19.0. The molecule has 0 fully saturated rings. The number of carboxylic acids is 1. The van der Waals surface area contributed by atoms with Gasteiger partial charge in [-0.15, -0.1) is 0 Å². The number of aromatic nitrogens is 3. The molecule has 0 saturated carbocycles. The maximum Gasteiger partial charge on any atom is 0.326 e. The molecule has 0 spiro atoms. The minimum atomic E-state index is -1.25. The normalized spacial score (nSPS) is 13.9. The number of rotatable bonds is 15. The average molecular weight is 569 g/mol. The van der Waals surface area contributed by atoms with E-state index in [4.69, 9.17) is 17.2 Å². The van der Waals surface area contributed by atoms with Crippen LogP contribution in [0.2, 0.25) is 0 Å². The van der Waals surface area contributed by atoms with Crippen LogP contribution >= 0.6 is 0 Å². The summed E-state index contributed by atoms with van der Waals surface area (Å²) in [6, 6.07) is 3.25. The SMILES string of the molecule is CC(NC(=O)C(N)Cc1c[nH]c2ccccc12)C(=O)NC(Cc1cnc[nH]1)C(=O)NC(CCCN=C(N)N)C(=O)O. The largest absolute Gasteiger partial charge is 0.480 e. The fourth-order valence-electron chi connectivity index (χ4n) is 4.17. The molecule has 0 aliphatic rings. The molecule has 4 atom stereocenters. The summed E-state index contributed by atoms with van der Waals surface area (Å²) in [7, 11) is 0. The maximum atomic E-state index is 13.1. The molecule has 0 radical (unpaired) electrons. The van der Waals surface area contributed by atoms with Crippen molar-refractivity contribution in [2.45, 2.75) is 56.8 Å². The second kappa shape index (κ2) is 14.5. The lowest BCUT2D eigenvalue weighted by atomic mass is 10.0. The molecular formula is C26H36N10O5. The summed E-state index contributed by atoms with van der Waals surface area (Å²) >= 11 is 0. The zero-order valence-corrected chi connectivity index (χ0v) is 22.6. The van der Waals surface area contributed by atoms with Gasteiger partial charge in [0.1, 0.15) is 18.1 Å². The van der Waals surface area contributed by atoms with E-state index in [-0.39, 0.29) is 31.8 Å². The van der Waals surface area contributed by atoms with Crippen LogP contribution in [0.25, 0.3) is 10.9 Å². The molecule has 1 aromatic carbocycles. The number of H-pyrrole nitrogens is 2. The molecular weight excluding hydrogens is 532 g/mol. The van der Waals surface area contributed by atoms with Crippen LogP contribution in [0.1, 0.15) is 31.0 Å². The third kappa shape index (κ3) is 9.06. The van der Waals surface area contributed by atoms with Gasteiger partial charge >= 0.3 is 5.97 Å². The molecule has 0 aliphatic heterocycles. The molecule has 0 saturated heterocycles. The van der Waals surface area contributed by atoms with Gasteiger partial charge in [0.15, 0.2) is 5.96 Å². The molecule has 15 nitrogen and oxygen atoms in total. The van der Waals surface area contributed by atoms with Crippen LogP contribution in [0, 0.1) is 0 Å². The monoisotopic (exact) mass is 568 g/mol. The number of aliphatic carboxylic acids is 1. The van der Waals surface area contributed by atoms with Gasteiger partial charge in [0, 0.05) is 42.0 Å². The van der Waals surface area contributed by atoms with Crippen molar-refractivity contribution in [3.8, 4) is 0 Å². The summed E-state index contributed by atoms with van der Waals surface area (Å²) in [6.45, 7) is 1.65. The Kier molecular flexibility index (Phi) is 10.8. The number of amides is 3. The minimum Gasteiger partial charge on any atom is -0.480 e. The standard InChI is InChI=1S/C26H36N10O5/c1-14(34-23(38)18(27)9-15-11-32-19-6-3-2-5-17(15)19)22(37)36-21(10-16-12-30-13-33-16)24(39)35-20(25(40)41)7-4-8-31-26(28)29/h2-3,5-6,11-14,18,20-21,32H,4,7-10,27H2,1H3,(H,30,33)(H,34,38)(H,35,39)(H,36,37)(H,40,41)(H4,28,29,31). The summed E-state index contributed by atoms with van der Waals surface area (Å²) in [5, 5.41) is 18.1. The quantitative estimate of drug-likeness (QED) is 0.0593. The number of aliphatic imine (C=N–C) groups is 1. The van der Waals surface area contributed by atoms with Gasteiger partial charge in [-0.1, -0.05) is 18.2 Å². The van der Waals surface area contributed by atoms with Crippen molar-refractivity contribution < 1.29 is 24.3 Å². The number of carboxylic acid groups (broad SMARTS) is 1. The molecule has 3 amide bonds. The number of aromatic amines is 2. The Hall–Kier alpha value is -4.92. The number of hydrogen-bond donors (Lipinski definition) is 9. The molecule has 3 rings (SSSR count). The van der Waals surface area contributed by atoms with Gasteiger partial charge in [0.25, 0.3) is 0 Å². The van der Waals surface area contributed by atoms with Gasteiger partial charge in [-0.2, -0.15) is 0 Å². The molecule has 15 heteroatoms. The summed E-state index contributed by atoms with van der Waals surface area (Å²) in [4.78, 5) is 64.3. The van der Waals surface area contributed by atoms with Gasteiger partial charge in [-0.05, 0) is 37.8 Å². The number of para-hydroxylation sites is 1. The fraction of sp³-hybridized carbons (Fsp3) is 0.385. The number of carbonyl (C=O) groups excluding carboxylic acids is 3. The van der Waals surface area contributed by atoms with E-state index in [2.05, 4.69) is 35.9 Å². The van der Waals surface area contributed by atoms with Crippen LogP contribution in [-0.2, 0) is 32.0 Å². The van der Waals surface area contributed by atoms with Crippen LogP contribution < -0.4 is 33.2 Å². The summed E-state index contributed by atoms with van der Waals surface area (Å²) in [6.07, 6.45) is 5.28. The average Bonchev–Trinajstić information content (AvgIpc) is 3.59. The zero-order valence-electron chi connectivity index (χ0n) is 22.6. The minimum absolute atomic E-state index is 0.00133. The van der Waals surface area contributed by atoms with Crippen molar-refractivity contribution in [1.82, 2.24) is 30.9 Å². The van der Waals surface area contributed by atoms with Gasteiger partial charge in [-0.25, -0.2) is 9.78 Å². The maximum absolute atomic E-state index is 13.1. The van der Waals surface area contributed by atoms with Crippen molar-refractivity contribution in [1.29, 1.82) is 0 Å². The molecule has 41 heavy (non-hydrogen) atoms. The predicted molar refractivity (Wildman–Crippen MR) is 151 cm³/mol. The van der Waals surface area contributed by atoms with Crippen LogP contribution in [0.5, 0.6) is 0 Å². The Bertz CT molecular complexity index is 1370. The second-order valence-electron chi connectivity index (χ2n) is 9.59. The Labute approximate surface area is 235 Å². The van der Waals surface area contributed by atoms with E-state index in [9.17, 15) is 24.3 Å². The summed E-state index contributed by atoms with van der Waals surface area (Å²) < 4.78 is 0. The molecule has 2 aromatic heterocycles. The van der Waals surface area contributed by atoms with Gasteiger partial charge in [0.2, 0.25) is 17.7 Å². The highest BCUT2D eigenvalue weighted by Gasteiger charge is 2.29. The van der Waals surface area contributed by atoms with E-state index in [0.717, 1.165) is 16.5 Å². The summed E-state index contributed by atoms with van der Waals surface area (Å²) in [5.74, 6) is -3.30. The van der Waals surface area contributed by atoms with E-state index in [0.29, 0.717) is 12.1 Å². The number of nitrogens with two attached hydrogens (primary N) is 3. The van der Waals surface area contributed by atoms with E-state index in [1.807, 2.05) is 24.3 Å². The Morgan fingerprint density at radius 1 is 1.00 bits per heavy atom. The highest BCUT2D eigenvalue weighted by atomic mass is 16.4. The first-order chi connectivity index (χ1) is 19.5. The molecule has 220 valence electrons. The number of nitrogens with one attached hydrogen (secondary N) is 5. The molecule has 4 unspecified atom stereocenters. The van der Waals surface area contributed by atoms with E-state index < -0.39 is 47.9 Å². The lowest BCUT2D eigenvalue weighted by Gasteiger charge is -2.23. The number of nitrogens with zero attached hydrogens (tertiary/aromatic N) is 2. The zero-order chi connectivity index (χ0) is 29.9. The number of guanidine groups is 1. The number of imidazole rings is 1. The molecule has 2 heterocycles. The molecule has 3 aromatic rings. The third-order valence-corrected chi connectivity index (χ3v) is 6.38. The van der Waals surface area contributed by atoms with E-state index in [1.165, 1.54) is 19.4 Å². The Balaban J connectivity index is 1.61. The number of hydrogen-bond acceptors (Lipinski definition) is 7. The lowest BCUT2D eigenvalue weighted by molar-refractivity contribution is -0.142. The Morgan fingerprint density at radius 2 is 1.73 bits per heavy atom. The predicted octanol–water partition coefficient (Wildman–Crippen LogP) is -1.38. The van der Waals surface area contributed by atoms with Crippen molar-refractivity contribution in [2.75, 3.05) is 6.54 Å². The van der Waals surface area contributed by atoms with E-state index in [1.54, 1.807) is 6.20 Å². The molecule has 12 N–H and O–H groups in total. The highest BCUT2D eigenvalue weighted by molar-refractivity contribution is 5.94. The van der Waals surface area contributed by atoms with Crippen LogP contribution in [0.15, 0.2) is 48.0 Å². The van der Waals surface area contributed by atoms with Crippen molar-refractivity contribution >= 4 is 40.6 Å². The molecule has 0 aliphatic carbocycles. The van der Waals surface area contributed by atoms with Crippen LogP contribution in [0.3, 0.4) is 0 Å². The number of benzene rings is 1. The van der Waals surface area contributed by atoms with Crippen molar-refractivity contribution in [3.63, 3.8) is 0 Å². The molecule has 0 bridgehead atoms. The highest BCUT2D eigenvalue weighted by Crippen LogP contribution is 2.18. The first-order valence-electron chi connectivity index (χ1n) is 13.0. The third-order valence-electron chi connectivity index (χ3n) is 6.38. The lowest BCUT2D eigenvalue weighted by Crippen LogP contribution is -2.57. The van der Waals surface area contributed by atoms with Crippen LogP contribution in [-0.4, -0.2) is 80.4 Å². The fourth-order valence-corrected chi connectivity index (χ4v) is 4.17. The second-order valence-corrected chi connectivity index (χ2v) is 9.59. The van der Waals surface area contributed by atoms with Gasteiger partial charge in [0.05, 0.1) is 12.4 Å². The first kappa shape index (κ1) is 30.6. The smallest absolute Gasteiger partial charge is 0.326 e. The van der Waals surface area contributed by atoms with Gasteiger partial charge in [-0.3, -0.25) is 19.4 Å². The Morgan fingerprint density at radius 3 is 2.41 bits per heavy atom. The number of carbonyl (C=O) groups is 4. The van der Waals surface area contributed by atoms with Crippen molar-refractivity contribution in [3.05, 3.63) is 54.2 Å². The van der Waals surface area contributed by atoms with E-state index >= 15 is 0 Å².